The summed E-state index contributed by atoms with van der Waals surface area (Å²) in [5.41, 5.74) is 5.55. The van der Waals surface area contributed by atoms with Gasteiger partial charge in [0.25, 0.3) is 5.56 Å². The highest BCUT2D eigenvalue weighted by Gasteiger charge is 2.47. The molecule has 1 saturated carbocycles. The minimum Gasteiger partial charge on any atom is -0.404 e. The molecule has 30 heavy (non-hydrogen) atoms. The lowest BCUT2D eigenvalue weighted by atomic mass is 9.69. The third-order valence-corrected chi connectivity index (χ3v) is 6.28. The van der Waals surface area contributed by atoms with Crippen molar-refractivity contribution in [3.63, 3.8) is 0 Å². The molecule has 2 aliphatic rings. The Hall–Kier alpha value is -2.66. The summed E-state index contributed by atoms with van der Waals surface area (Å²) in [4.78, 5) is 30.4. The molecule has 0 saturated heterocycles. The minimum atomic E-state index is -4.47. The summed E-state index contributed by atoms with van der Waals surface area (Å²) in [5, 5.41) is 12.6. The highest BCUT2D eigenvalue weighted by molar-refractivity contribution is 7.47. The van der Waals surface area contributed by atoms with Gasteiger partial charge in [0, 0.05) is 18.6 Å². The van der Waals surface area contributed by atoms with Crippen molar-refractivity contribution in [1.29, 1.82) is 0 Å². The summed E-state index contributed by atoms with van der Waals surface area (Å²) in [5.74, 6) is -0.635. The SMILES string of the molecule is Nc1nc2c(c(=O)[nH]1)NCN2[C@@H]1C[C@H](CO)[C@H]1COP(=O)(O)Oc1ccc(F)cc1. The number of H-pyrrole nitrogens is 1. The molecule has 2 heterocycles. The second kappa shape index (κ2) is 7.88. The van der Waals surface area contributed by atoms with E-state index in [4.69, 9.17) is 14.8 Å². The Labute approximate surface area is 170 Å². The van der Waals surface area contributed by atoms with Crippen molar-refractivity contribution in [3.05, 3.63) is 40.4 Å². The first-order valence-corrected chi connectivity index (χ1v) is 10.7. The third kappa shape index (κ3) is 3.99. The Morgan fingerprint density at radius 3 is 2.80 bits per heavy atom. The van der Waals surface area contributed by atoms with Gasteiger partial charge in [0.15, 0.2) is 5.82 Å². The minimum absolute atomic E-state index is 0.0114. The first-order valence-electron chi connectivity index (χ1n) is 9.21. The van der Waals surface area contributed by atoms with E-state index in [1.165, 1.54) is 12.1 Å². The number of aliphatic hydroxyl groups excluding tert-OH is 1. The molecule has 0 bridgehead atoms. The van der Waals surface area contributed by atoms with Gasteiger partial charge in [-0.15, -0.1) is 0 Å². The topological polar surface area (TPSA) is 163 Å². The molecule has 6 N–H and O–H groups in total. The molecule has 11 nitrogen and oxygen atoms in total. The molecule has 1 aliphatic heterocycles. The zero-order valence-corrected chi connectivity index (χ0v) is 16.6. The number of halogens is 1. The Balaban J connectivity index is 1.45. The molecule has 0 spiro atoms. The van der Waals surface area contributed by atoms with Crippen LogP contribution in [0.2, 0.25) is 0 Å². The van der Waals surface area contributed by atoms with Crippen LogP contribution in [-0.2, 0) is 9.09 Å². The highest BCUT2D eigenvalue weighted by Crippen LogP contribution is 2.48. The van der Waals surface area contributed by atoms with Crippen molar-refractivity contribution < 1.29 is 28.0 Å². The Morgan fingerprint density at radius 1 is 1.37 bits per heavy atom. The van der Waals surface area contributed by atoms with Crippen LogP contribution in [0.15, 0.2) is 29.1 Å². The van der Waals surface area contributed by atoms with E-state index in [-0.39, 0.29) is 42.8 Å². The van der Waals surface area contributed by atoms with Crippen molar-refractivity contribution in [2.75, 3.05) is 35.8 Å². The predicted octanol–water partition coefficient (Wildman–Crippen LogP) is 0.874. The smallest absolute Gasteiger partial charge is 0.404 e. The van der Waals surface area contributed by atoms with Gasteiger partial charge < -0.3 is 25.6 Å². The summed E-state index contributed by atoms with van der Waals surface area (Å²) in [6, 6.07) is 4.42. The average molecular weight is 441 g/mol. The van der Waals surface area contributed by atoms with Crippen LogP contribution in [-0.4, -0.2) is 45.9 Å². The first-order chi connectivity index (χ1) is 14.3. The molecule has 1 aromatic carbocycles. The van der Waals surface area contributed by atoms with Crippen LogP contribution in [0.3, 0.4) is 0 Å². The van der Waals surface area contributed by atoms with E-state index >= 15 is 0 Å². The van der Waals surface area contributed by atoms with E-state index < -0.39 is 19.2 Å². The van der Waals surface area contributed by atoms with Crippen LogP contribution in [0.25, 0.3) is 0 Å². The third-order valence-electron chi connectivity index (χ3n) is 5.36. The van der Waals surface area contributed by atoms with Gasteiger partial charge in [0.05, 0.1) is 13.3 Å². The lowest BCUT2D eigenvalue weighted by molar-refractivity contribution is 0.0217. The second-order valence-corrected chi connectivity index (χ2v) is 8.55. The van der Waals surface area contributed by atoms with E-state index in [9.17, 15) is 23.7 Å². The highest BCUT2D eigenvalue weighted by atomic mass is 31.2. The summed E-state index contributed by atoms with van der Waals surface area (Å²) in [7, 11) is -4.47. The second-order valence-electron chi connectivity index (χ2n) is 7.17. The zero-order valence-electron chi connectivity index (χ0n) is 15.7. The largest absolute Gasteiger partial charge is 0.527 e. The van der Waals surface area contributed by atoms with Gasteiger partial charge in [-0.1, -0.05) is 0 Å². The molecule has 162 valence electrons. The fraction of sp³-hybridized carbons (Fsp3) is 0.412. The van der Waals surface area contributed by atoms with Crippen LogP contribution in [0.4, 0.5) is 21.8 Å². The maximum Gasteiger partial charge on any atom is 0.527 e. The van der Waals surface area contributed by atoms with Crippen molar-refractivity contribution >= 4 is 25.3 Å². The summed E-state index contributed by atoms with van der Waals surface area (Å²) >= 11 is 0. The molecule has 0 amide bonds. The van der Waals surface area contributed by atoms with Gasteiger partial charge in [-0.05, 0) is 36.6 Å². The number of aromatic amines is 1. The molecule has 4 atom stereocenters. The fourth-order valence-corrected chi connectivity index (χ4v) is 4.59. The summed E-state index contributed by atoms with van der Waals surface area (Å²) in [6.07, 6.45) is 0.578. The number of nitrogens with two attached hydrogens (primary N) is 1. The number of nitrogens with zero attached hydrogens (tertiary/aromatic N) is 2. The zero-order chi connectivity index (χ0) is 21.5. The number of anilines is 3. The Morgan fingerprint density at radius 2 is 2.10 bits per heavy atom. The first kappa shape index (κ1) is 20.6. The van der Waals surface area contributed by atoms with E-state index in [2.05, 4.69) is 15.3 Å². The number of fused-ring (bicyclic) bond motifs is 1. The van der Waals surface area contributed by atoms with Crippen LogP contribution in [0, 0.1) is 17.7 Å². The molecule has 1 aromatic heterocycles. The molecule has 4 rings (SSSR count). The van der Waals surface area contributed by atoms with Crippen molar-refractivity contribution in [3.8, 4) is 5.75 Å². The van der Waals surface area contributed by atoms with E-state index in [1.54, 1.807) is 0 Å². The monoisotopic (exact) mass is 441 g/mol. The van der Waals surface area contributed by atoms with Gasteiger partial charge in [-0.25, -0.2) is 8.96 Å². The number of hydrogen-bond donors (Lipinski definition) is 5. The number of hydrogen-bond acceptors (Lipinski definition) is 9. The van der Waals surface area contributed by atoms with E-state index in [0.717, 1.165) is 12.1 Å². The van der Waals surface area contributed by atoms with Crippen LogP contribution >= 0.6 is 7.82 Å². The van der Waals surface area contributed by atoms with Gasteiger partial charge >= 0.3 is 7.82 Å². The van der Waals surface area contributed by atoms with Crippen LogP contribution < -0.4 is 26.0 Å². The molecular formula is C17H21FN5O6P. The summed E-state index contributed by atoms with van der Waals surface area (Å²) < 4.78 is 35.3. The van der Waals surface area contributed by atoms with Gasteiger partial charge in [-0.3, -0.25) is 19.2 Å². The number of rotatable bonds is 7. The molecule has 13 heteroatoms. The Kier molecular flexibility index (Phi) is 5.41. The quantitative estimate of drug-likeness (QED) is 0.390. The van der Waals surface area contributed by atoms with Crippen molar-refractivity contribution in [2.45, 2.75) is 12.5 Å². The molecule has 1 aliphatic carbocycles. The van der Waals surface area contributed by atoms with Gasteiger partial charge in [0.2, 0.25) is 5.95 Å². The van der Waals surface area contributed by atoms with Gasteiger partial charge in [0.1, 0.15) is 17.3 Å². The number of phosphoric ester groups is 1. The van der Waals surface area contributed by atoms with Crippen molar-refractivity contribution in [1.82, 2.24) is 9.97 Å². The van der Waals surface area contributed by atoms with Crippen LogP contribution in [0.1, 0.15) is 6.42 Å². The molecule has 2 aromatic rings. The molecule has 0 radical (unpaired) electrons. The van der Waals surface area contributed by atoms with Gasteiger partial charge in [-0.2, -0.15) is 4.98 Å². The lowest BCUT2D eigenvalue weighted by Crippen LogP contribution is -2.55. The fourth-order valence-electron chi connectivity index (χ4n) is 3.79. The molecule has 1 fully saturated rings. The number of benzene rings is 1. The van der Waals surface area contributed by atoms with Crippen LogP contribution in [0.5, 0.6) is 5.75 Å². The predicted molar refractivity (Wildman–Crippen MR) is 106 cm³/mol. The average Bonchev–Trinajstić information content (AvgIpc) is 3.07. The number of aromatic nitrogens is 2. The van der Waals surface area contributed by atoms with Crippen molar-refractivity contribution in [2.24, 2.45) is 11.8 Å². The standard InChI is InChI=1S/C17H21FN5O6P/c18-10-1-3-11(4-2-10)29-30(26,27)28-7-12-9(6-24)5-13(12)23-8-20-14-15(23)21-17(19)22-16(14)25/h1-4,9,12-13,20,24H,5-8H2,(H,26,27)(H3,19,21,22,25)/t9-,12-,13-/m1/s1. The lowest BCUT2D eigenvalue weighted by Gasteiger charge is -2.48. The Bertz CT molecular complexity index is 1030. The number of nitrogens with one attached hydrogen (secondary N) is 2. The number of nitrogen functional groups attached to an aromatic ring is 1. The normalized spacial score (nSPS) is 24.5. The maximum absolute atomic E-state index is 13.0. The molecular weight excluding hydrogens is 420 g/mol. The summed E-state index contributed by atoms with van der Waals surface area (Å²) in [6.45, 7) is 0.00453. The maximum atomic E-state index is 13.0. The molecule has 1 unspecified atom stereocenters. The number of phosphoric acid groups is 1. The number of aliphatic hydroxyl groups is 1. The van der Waals surface area contributed by atoms with E-state index in [1.807, 2.05) is 4.90 Å². The van der Waals surface area contributed by atoms with E-state index in [0.29, 0.717) is 24.6 Å².